The highest BCUT2D eigenvalue weighted by Crippen LogP contribution is 2.26. The van der Waals surface area contributed by atoms with Crippen molar-refractivity contribution in [2.45, 2.75) is 19.0 Å². The van der Waals surface area contributed by atoms with E-state index in [1.54, 1.807) is 19.5 Å². The van der Waals surface area contributed by atoms with Crippen LogP contribution in [0.1, 0.15) is 17.4 Å². The lowest BCUT2D eigenvalue weighted by molar-refractivity contribution is 0.185. The molecule has 1 aromatic carbocycles. The molecule has 1 aromatic heterocycles. The van der Waals surface area contributed by atoms with Gasteiger partial charge in [-0.05, 0) is 24.1 Å². The van der Waals surface area contributed by atoms with E-state index in [9.17, 15) is 10.2 Å². The molecule has 1 atom stereocenters. The predicted octanol–water partition coefficient (Wildman–Crippen LogP) is 0.578. The third-order valence-electron chi connectivity index (χ3n) is 3.01. The standard InChI is InChI=1S/C13H18N4O3/c1-20-5-4-17-8-15-16-13(17)10(14)6-9-2-3-11(18)12(19)7-9/h2-3,7-8,10,18-19H,4-6,14H2,1H3. The van der Waals surface area contributed by atoms with Gasteiger partial charge in [0.05, 0.1) is 12.6 Å². The zero-order chi connectivity index (χ0) is 14.5. The smallest absolute Gasteiger partial charge is 0.157 e. The van der Waals surface area contributed by atoms with E-state index >= 15 is 0 Å². The lowest BCUT2D eigenvalue weighted by atomic mass is 10.1. The fraction of sp³-hybridized carbons (Fsp3) is 0.385. The van der Waals surface area contributed by atoms with Crippen molar-refractivity contribution >= 4 is 0 Å². The van der Waals surface area contributed by atoms with Gasteiger partial charge in [0, 0.05) is 13.7 Å². The summed E-state index contributed by atoms with van der Waals surface area (Å²) in [5.74, 6) is 0.357. The first-order valence-electron chi connectivity index (χ1n) is 6.25. The van der Waals surface area contributed by atoms with Gasteiger partial charge in [0.15, 0.2) is 11.5 Å². The minimum Gasteiger partial charge on any atom is -0.504 e. The molecule has 0 saturated heterocycles. The summed E-state index contributed by atoms with van der Waals surface area (Å²) in [4.78, 5) is 0. The number of benzene rings is 1. The number of rotatable bonds is 6. The lowest BCUT2D eigenvalue weighted by Gasteiger charge is -2.13. The van der Waals surface area contributed by atoms with Crippen molar-refractivity contribution < 1.29 is 14.9 Å². The highest BCUT2D eigenvalue weighted by Gasteiger charge is 2.15. The second kappa shape index (κ2) is 6.36. The first kappa shape index (κ1) is 14.3. The summed E-state index contributed by atoms with van der Waals surface area (Å²) in [5, 5.41) is 26.6. The van der Waals surface area contributed by atoms with Gasteiger partial charge in [0.1, 0.15) is 12.2 Å². The van der Waals surface area contributed by atoms with Crippen LogP contribution in [0.25, 0.3) is 0 Å². The zero-order valence-corrected chi connectivity index (χ0v) is 11.2. The summed E-state index contributed by atoms with van der Waals surface area (Å²) in [7, 11) is 1.63. The third-order valence-corrected chi connectivity index (χ3v) is 3.01. The van der Waals surface area contributed by atoms with E-state index in [1.165, 1.54) is 12.1 Å². The Bertz CT molecular complexity index is 570. The van der Waals surface area contributed by atoms with Crippen LogP contribution in [0.5, 0.6) is 11.5 Å². The maximum Gasteiger partial charge on any atom is 0.157 e. The van der Waals surface area contributed by atoms with Crippen LogP contribution in [0.15, 0.2) is 24.5 Å². The Morgan fingerprint density at radius 2 is 2.15 bits per heavy atom. The molecule has 0 amide bonds. The molecule has 20 heavy (non-hydrogen) atoms. The molecule has 108 valence electrons. The van der Waals surface area contributed by atoms with E-state index in [4.69, 9.17) is 10.5 Å². The minimum atomic E-state index is -0.349. The van der Waals surface area contributed by atoms with Crippen molar-refractivity contribution in [3.05, 3.63) is 35.9 Å². The van der Waals surface area contributed by atoms with Crippen LogP contribution >= 0.6 is 0 Å². The monoisotopic (exact) mass is 278 g/mol. The van der Waals surface area contributed by atoms with Crippen LogP contribution in [0.3, 0.4) is 0 Å². The summed E-state index contributed by atoms with van der Waals surface area (Å²) in [6.07, 6.45) is 2.10. The Morgan fingerprint density at radius 1 is 1.35 bits per heavy atom. The second-order valence-electron chi connectivity index (χ2n) is 4.51. The molecular weight excluding hydrogens is 260 g/mol. The van der Waals surface area contributed by atoms with Crippen LogP contribution in [0, 0.1) is 0 Å². The van der Waals surface area contributed by atoms with Gasteiger partial charge < -0.3 is 25.3 Å². The van der Waals surface area contributed by atoms with Crippen LogP contribution in [0.4, 0.5) is 0 Å². The largest absolute Gasteiger partial charge is 0.504 e. The number of nitrogens with zero attached hydrogens (tertiary/aromatic N) is 3. The van der Waals surface area contributed by atoms with Crippen molar-refractivity contribution in [2.24, 2.45) is 5.73 Å². The number of methoxy groups -OCH3 is 1. The molecule has 1 heterocycles. The molecule has 0 saturated carbocycles. The Labute approximate surface area is 116 Å². The number of aromatic hydroxyl groups is 2. The molecule has 7 heteroatoms. The summed E-state index contributed by atoms with van der Waals surface area (Å²) in [6, 6.07) is 4.29. The van der Waals surface area contributed by atoms with Crippen molar-refractivity contribution in [3.8, 4) is 11.5 Å². The molecule has 0 spiro atoms. The molecule has 0 aliphatic rings. The molecule has 0 bridgehead atoms. The molecule has 2 aromatic rings. The normalized spacial score (nSPS) is 12.5. The van der Waals surface area contributed by atoms with Gasteiger partial charge in [-0.3, -0.25) is 0 Å². The molecule has 0 aliphatic carbocycles. The molecular formula is C13H18N4O3. The molecule has 0 radical (unpaired) electrons. The molecule has 2 rings (SSSR count). The van der Waals surface area contributed by atoms with Gasteiger partial charge in [-0.15, -0.1) is 10.2 Å². The van der Waals surface area contributed by atoms with Gasteiger partial charge in [-0.25, -0.2) is 0 Å². The van der Waals surface area contributed by atoms with Gasteiger partial charge >= 0.3 is 0 Å². The predicted molar refractivity (Wildman–Crippen MR) is 72.3 cm³/mol. The summed E-state index contributed by atoms with van der Waals surface area (Å²) in [5.41, 5.74) is 6.94. The topological polar surface area (TPSA) is 106 Å². The average molecular weight is 278 g/mol. The maximum absolute atomic E-state index is 9.47. The number of aromatic nitrogens is 3. The first-order chi connectivity index (χ1) is 9.61. The van der Waals surface area contributed by atoms with Crippen molar-refractivity contribution in [1.29, 1.82) is 0 Å². The van der Waals surface area contributed by atoms with Gasteiger partial charge in [0.25, 0.3) is 0 Å². The minimum absolute atomic E-state index is 0.148. The maximum atomic E-state index is 9.47. The van der Waals surface area contributed by atoms with Gasteiger partial charge in [0.2, 0.25) is 0 Å². The van der Waals surface area contributed by atoms with Gasteiger partial charge in [-0.1, -0.05) is 6.07 Å². The van der Waals surface area contributed by atoms with E-state index in [0.717, 1.165) is 5.56 Å². The number of hydrogen-bond acceptors (Lipinski definition) is 6. The fourth-order valence-corrected chi connectivity index (χ4v) is 1.95. The van der Waals surface area contributed by atoms with E-state index in [-0.39, 0.29) is 17.5 Å². The van der Waals surface area contributed by atoms with E-state index in [2.05, 4.69) is 10.2 Å². The van der Waals surface area contributed by atoms with Gasteiger partial charge in [-0.2, -0.15) is 0 Å². The number of ether oxygens (including phenoxy) is 1. The van der Waals surface area contributed by atoms with Crippen molar-refractivity contribution in [1.82, 2.24) is 14.8 Å². The fourth-order valence-electron chi connectivity index (χ4n) is 1.95. The zero-order valence-electron chi connectivity index (χ0n) is 11.2. The third kappa shape index (κ3) is 3.25. The molecule has 4 N–H and O–H groups in total. The molecule has 0 fully saturated rings. The van der Waals surface area contributed by atoms with Crippen LogP contribution in [-0.4, -0.2) is 38.7 Å². The summed E-state index contributed by atoms with van der Waals surface area (Å²) < 4.78 is 6.86. The SMILES string of the molecule is COCCn1cnnc1C(N)Cc1ccc(O)c(O)c1. The first-order valence-corrected chi connectivity index (χ1v) is 6.25. The summed E-state index contributed by atoms with van der Waals surface area (Å²) in [6.45, 7) is 1.19. The van der Waals surface area contributed by atoms with E-state index in [0.29, 0.717) is 25.4 Å². The molecule has 1 unspecified atom stereocenters. The van der Waals surface area contributed by atoms with E-state index in [1.807, 2.05) is 4.57 Å². The van der Waals surface area contributed by atoms with Crippen LogP contribution < -0.4 is 5.73 Å². The highest BCUT2D eigenvalue weighted by molar-refractivity contribution is 5.40. The number of phenolic OH excluding ortho intramolecular Hbond substituents is 2. The number of nitrogens with two attached hydrogens (primary N) is 1. The summed E-state index contributed by atoms with van der Waals surface area (Å²) >= 11 is 0. The Morgan fingerprint density at radius 3 is 2.85 bits per heavy atom. The average Bonchev–Trinajstić information content (AvgIpc) is 2.89. The highest BCUT2D eigenvalue weighted by atomic mass is 16.5. The molecule has 7 nitrogen and oxygen atoms in total. The van der Waals surface area contributed by atoms with Crippen LogP contribution in [0.2, 0.25) is 0 Å². The van der Waals surface area contributed by atoms with Crippen molar-refractivity contribution in [3.63, 3.8) is 0 Å². The van der Waals surface area contributed by atoms with Crippen molar-refractivity contribution in [2.75, 3.05) is 13.7 Å². The number of phenols is 2. The van der Waals surface area contributed by atoms with Crippen LogP contribution in [-0.2, 0) is 17.7 Å². The second-order valence-corrected chi connectivity index (χ2v) is 4.51. The Kier molecular flexibility index (Phi) is 4.54. The molecule has 0 aliphatic heterocycles. The van der Waals surface area contributed by atoms with E-state index < -0.39 is 0 Å². The quantitative estimate of drug-likeness (QED) is 0.667. The Hall–Kier alpha value is -2.12. The Balaban J connectivity index is 2.09. The number of hydrogen-bond donors (Lipinski definition) is 3. The lowest BCUT2D eigenvalue weighted by Crippen LogP contribution is -2.20.